The zero-order valence-electron chi connectivity index (χ0n) is 14.8. The average Bonchev–Trinajstić information content (AvgIpc) is 3.27. The second-order valence-electron chi connectivity index (χ2n) is 5.74. The highest BCUT2D eigenvalue weighted by Crippen LogP contribution is 2.27. The molecule has 0 aliphatic carbocycles. The lowest BCUT2D eigenvalue weighted by molar-refractivity contribution is 0.0997. The van der Waals surface area contributed by atoms with E-state index < -0.39 is 0 Å². The highest BCUT2D eigenvalue weighted by atomic mass is 32.1. The number of carbonyl (C=O) groups is 1. The summed E-state index contributed by atoms with van der Waals surface area (Å²) in [5.74, 6) is 0.404. The molecule has 0 saturated carbocycles. The van der Waals surface area contributed by atoms with E-state index in [0.29, 0.717) is 23.0 Å². The van der Waals surface area contributed by atoms with Crippen LogP contribution in [0.5, 0.6) is 5.75 Å². The van der Waals surface area contributed by atoms with Crippen LogP contribution in [0.2, 0.25) is 0 Å². The van der Waals surface area contributed by atoms with Crippen molar-refractivity contribution < 1.29 is 14.3 Å². The molecule has 2 heterocycles. The van der Waals surface area contributed by atoms with Gasteiger partial charge in [0.2, 0.25) is 0 Å². The van der Waals surface area contributed by atoms with Crippen molar-refractivity contribution in [3.05, 3.63) is 52.3 Å². The van der Waals surface area contributed by atoms with Crippen LogP contribution in [0, 0.1) is 0 Å². The van der Waals surface area contributed by atoms with Gasteiger partial charge in [-0.25, -0.2) is 4.98 Å². The first-order valence-corrected chi connectivity index (χ1v) is 9.94. The predicted molar refractivity (Wildman–Crippen MR) is 108 cm³/mol. The molecule has 0 atom stereocenters. The third-order valence-corrected chi connectivity index (χ3v) is 6.14. The summed E-state index contributed by atoms with van der Waals surface area (Å²) in [7, 11) is 3.28. The fraction of sp³-hybridized carbons (Fsp3) is 0.211. The van der Waals surface area contributed by atoms with Crippen LogP contribution in [-0.4, -0.2) is 36.3 Å². The fourth-order valence-electron chi connectivity index (χ4n) is 2.84. The zero-order valence-corrected chi connectivity index (χ0v) is 16.5. The van der Waals surface area contributed by atoms with Crippen molar-refractivity contribution in [2.75, 3.05) is 20.8 Å². The van der Waals surface area contributed by atoms with E-state index in [0.717, 1.165) is 26.2 Å². The van der Waals surface area contributed by atoms with E-state index in [1.165, 1.54) is 22.7 Å². The van der Waals surface area contributed by atoms with Crippen LogP contribution in [0.1, 0.15) is 9.80 Å². The first kappa shape index (κ1) is 17.8. The molecule has 0 N–H and O–H groups in total. The number of para-hydroxylation sites is 2. The SMILES string of the molecule is COCCn1c(=NC(=O)c2nc3ccccc3s2)sc2cccc(OC)c21. The number of fused-ring (bicyclic) bond motifs is 2. The zero-order chi connectivity index (χ0) is 18.8. The minimum atomic E-state index is -0.340. The lowest BCUT2D eigenvalue weighted by atomic mass is 10.3. The number of aromatic nitrogens is 2. The lowest BCUT2D eigenvalue weighted by Crippen LogP contribution is -2.19. The van der Waals surface area contributed by atoms with Gasteiger partial charge < -0.3 is 14.0 Å². The molecule has 0 aliphatic heterocycles. The van der Waals surface area contributed by atoms with Crippen molar-refractivity contribution in [3.63, 3.8) is 0 Å². The van der Waals surface area contributed by atoms with Gasteiger partial charge in [0.25, 0.3) is 0 Å². The summed E-state index contributed by atoms with van der Waals surface area (Å²) in [4.78, 5) is 22.1. The van der Waals surface area contributed by atoms with Gasteiger partial charge in [0.15, 0.2) is 9.81 Å². The Kier molecular flexibility index (Phi) is 5.02. The van der Waals surface area contributed by atoms with Crippen LogP contribution < -0.4 is 9.54 Å². The number of benzene rings is 2. The molecule has 8 heteroatoms. The first-order valence-electron chi connectivity index (χ1n) is 8.31. The largest absolute Gasteiger partial charge is 0.495 e. The second kappa shape index (κ2) is 7.59. The van der Waals surface area contributed by atoms with Crippen molar-refractivity contribution >= 4 is 49.0 Å². The minimum absolute atomic E-state index is 0.340. The third-order valence-electron chi connectivity index (χ3n) is 4.08. The molecule has 0 unspecified atom stereocenters. The molecule has 138 valence electrons. The lowest BCUT2D eigenvalue weighted by Gasteiger charge is -2.07. The molecule has 4 rings (SSSR count). The van der Waals surface area contributed by atoms with Crippen LogP contribution in [0.3, 0.4) is 0 Å². The Morgan fingerprint density at radius 1 is 1.11 bits per heavy atom. The van der Waals surface area contributed by atoms with Crippen molar-refractivity contribution in [1.82, 2.24) is 9.55 Å². The third kappa shape index (κ3) is 3.39. The Bertz CT molecular complexity index is 1160. The molecular weight excluding hydrogens is 382 g/mol. The van der Waals surface area contributed by atoms with Gasteiger partial charge in [-0.3, -0.25) is 4.79 Å². The van der Waals surface area contributed by atoms with E-state index in [-0.39, 0.29) is 5.91 Å². The van der Waals surface area contributed by atoms with Gasteiger partial charge in [-0.15, -0.1) is 11.3 Å². The smallest absolute Gasteiger partial charge is 0.308 e. The number of thiazole rings is 2. The number of hydrogen-bond acceptors (Lipinski definition) is 6. The van der Waals surface area contributed by atoms with E-state index in [9.17, 15) is 4.79 Å². The van der Waals surface area contributed by atoms with E-state index in [4.69, 9.17) is 9.47 Å². The number of rotatable bonds is 5. The molecule has 6 nitrogen and oxygen atoms in total. The van der Waals surface area contributed by atoms with Crippen LogP contribution in [0.4, 0.5) is 0 Å². The summed E-state index contributed by atoms with van der Waals surface area (Å²) in [5, 5.41) is 0.388. The van der Waals surface area contributed by atoms with Crippen molar-refractivity contribution in [1.29, 1.82) is 0 Å². The number of amides is 1. The summed E-state index contributed by atoms with van der Waals surface area (Å²) in [5.41, 5.74) is 1.73. The highest BCUT2D eigenvalue weighted by molar-refractivity contribution is 7.20. The van der Waals surface area contributed by atoms with Crippen LogP contribution in [-0.2, 0) is 11.3 Å². The monoisotopic (exact) mass is 399 g/mol. The topological polar surface area (TPSA) is 65.7 Å². The van der Waals surface area contributed by atoms with Crippen LogP contribution in [0.15, 0.2) is 47.5 Å². The summed E-state index contributed by atoms with van der Waals surface area (Å²) in [6.07, 6.45) is 0. The summed E-state index contributed by atoms with van der Waals surface area (Å²) in [6, 6.07) is 13.5. The van der Waals surface area contributed by atoms with Gasteiger partial charge in [0, 0.05) is 13.7 Å². The number of hydrogen-bond donors (Lipinski definition) is 0. The quantitative estimate of drug-likeness (QED) is 0.513. The standard InChI is InChI=1S/C19H17N3O3S2/c1-24-11-10-22-16-13(25-2)7-5-9-15(16)27-19(22)21-17(23)18-20-12-6-3-4-8-14(12)26-18/h3-9H,10-11H2,1-2H3. The summed E-state index contributed by atoms with van der Waals surface area (Å²) >= 11 is 2.80. The molecule has 0 bridgehead atoms. The first-order chi connectivity index (χ1) is 13.2. The Labute approximate surface area is 163 Å². The van der Waals surface area contributed by atoms with E-state index in [2.05, 4.69) is 9.98 Å². The Balaban J connectivity index is 1.84. The van der Waals surface area contributed by atoms with E-state index in [1.807, 2.05) is 47.0 Å². The van der Waals surface area contributed by atoms with Gasteiger partial charge in [0.1, 0.15) is 11.3 Å². The number of nitrogens with zero attached hydrogens (tertiary/aromatic N) is 3. The molecule has 0 saturated heterocycles. The molecule has 0 radical (unpaired) electrons. The van der Waals surface area contributed by atoms with Crippen molar-refractivity contribution in [3.8, 4) is 5.75 Å². The van der Waals surface area contributed by atoms with Crippen molar-refractivity contribution in [2.45, 2.75) is 6.54 Å². The summed E-state index contributed by atoms with van der Waals surface area (Å²) in [6.45, 7) is 1.08. The number of carbonyl (C=O) groups excluding carboxylic acids is 1. The van der Waals surface area contributed by atoms with Crippen LogP contribution in [0.25, 0.3) is 20.4 Å². The Hall–Kier alpha value is -2.55. The molecule has 0 spiro atoms. The normalized spacial score (nSPS) is 12.1. The molecule has 4 aromatic rings. The van der Waals surface area contributed by atoms with Crippen LogP contribution >= 0.6 is 22.7 Å². The Morgan fingerprint density at radius 2 is 1.93 bits per heavy atom. The maximum Gasteiger partial charge on any atom is 0.308 e. The second-order valence-corrected chi connectivity index (χ2v) is 7.78. The van der Waals surface area contributed by atoms with Crippen molar-refractivity contribution in [2.24, 2.45) is 4.99 Å². The molecule has 2 aromatic heterocycles. The van der Waals surface area contributed by atoms with E-state index >= 15 is 0 Å². The predicted octanol–water partition coefficient (Wildman–Crippen LogP) is 3.71. The molecule has 1 amide bonds. The van der Waals surface area contributed by atoms with E-state index in [1.54, 1.807) is 14.2 Å². The molecule has 2 aromatic carbocycles. The number of ether oxygens (including phenoxy) is 2. The van der Waals surface area contributed by atoms with Gasteiger partial charge >= 0.3 is 5.91 Å². The summed E-state index contributed by atoms with van der Waals surface area (Å²) < 4.78 is 14.7. The van der Waals surface area contributed by atoms with Gasteiger partial charge in [0.05, 0.1) is 28.6 Å². The molecular formula is C19H17N3O3S2. The maximum absolute atomic E-state index is 12.8. The average molecular weight is 399 g/mol. The van der Waals surface area contributed by atoms with Gasteiger partial charge in [-0.05, 0) is 24.3 Å². The maximum atomic E-state index is 12.8. The highest BCUT2D eigenvalue weighted by Gasteiger charge is 2.15. The Morgan fingerprint density at radius 3 is 2.70 bits per heavy atom. The molecule has 27 heavy (non-hydrogen) atoms. The number of methoxy groups -OCH3 is 2. The minimum Gasteiger partial charge on any atom is -0.495 e. The van der Waals surface area contributed by atoms with Gasteiger partial charge in [-0.2, -0.15) is 4.99 Å². The fourth-order valence-corrected chi connectivity index (χ4v) is 4.76. The van der Waals surface area contributed by atoms with Gasteiger partial charge in [-0.1, -0.05) is 29.5 Å². The molecule has 0 aliphatic rings. The molecule has 0 fully saturated rings.